The fraction of sp³-hybridized carbons (Fsp3) is 0.385. The molecule has 0 radical (unpaired) electrons. The summed E-state index contributed by atoms with van der Waals surface area (Å²) in [6, 6.07) is 4.48. The number of halogens is 2. The van der Waals surface area contributed by atoms with Gasteiger partial charge in [-0.1, -0.05) is 29.3 Å². The number of hydrogen-bond acceptors (Lipinski definition) is 3. The summed E-state index contributed by atoms with van der Waals surface area (Å²) in [5.41, 5.74) is 0.709. The molecule has 2 N–H and O–H groups in total. The summed E-state index contributed by atoms with van der Waals surface area (Å²) in [5.74, 6) is -1.29. The molecule has 1 amide bonds. The largest absolute Gasteiger partial charge is 0.481 e. The van der Waals surface area contributed by atoms with Crippen LogP contribution in [0.25, 0.3) is 0 Å². The molecule has 0 aliphatic carbocycles. The van der Waals surface area contributed by atoms with E-state index in [1.807, 2.05) is 0 Å². The first-order chi connectivity index (χ1) is 9.49. The van der Waals surface area contributed by atoms with Crippen molar-refractivity contribution in [3.8, 4) is 0 Å². The first-order valence-corrected chi connectivity index (χ1v) is 6.91. The highest BCUT2D eigenvalue weighted by molar-refractivity contribution is 6.35. The third-order valence-corrected chi connectivity index (χ3v) is 3.94. The van der Waals surface area contributed by atoms with E-state index in [9.17, 15) is 9.59 Å². The van der Waals surface area contributed by atoms with Crippen molar-refractivity contribution < 1.29 is 14.7 Å². The molecule has 1 aromatic carbocycles. The Bertz CT molecular complexity index is 516. The monoisotopic (exact) mass is 316 g/mol. The number of aliphatic carboxylic acids is 1. The second kappa shape index (κ2) is 6.43. The zero-order chi connectivity index (χ0) is 14.7. The quantitative estimate of drug-likeness (QED) is 0.888. The minimum atomic E-state index is -1.01. The molecule has 1 aromatic rings. The van der Waals surface area contributed by atoms with Crippen LogP contribution in [0.2, 0.25) is 10.0 Å². The molecule has 1 heterocycles. The van der Waals surface area contributed by atoms with Crippen molar-refractivity contribution in [1.29, 1.82) is 0 Å². The van der Waals surface area contributed by atoms with E-state index in [2.05, 4.69) is 5.32 Å². The maximum absolute atomic E-state index is 11.8. The Labute approximate surface area is 126 Å². The SMILES string of the molecule is O=C(O)CC1C(=O)NCCN1Cc1c(Cl)cccc1Cl. The Morgan fingerprint density at radius 1 is 1.40 bits per heavy atom. The zero-order valence-corrected chi connectivity index (χ0v) is 12.1. The summed E-state index contributed by atoms with van der Waals surface area (Å²) in [6.07, 6.45) is -0.242. The number of piperazine rings is 1. The van der Waals surface area contributed by atoms with Crippen LogP contribution in [0.3, 0.4) is 0 Å². The molecule has 5 nitrogen and oxygen atoms in total. The smallest absolute Gasteiger partial charge is 0.305 e. The molecule has 1 unspecified atom stereocenters. The van der Waals surface area contributed by atoms with Crippen LogP contribution in [0.15, 0.2) is 18.2 Å². The summed E-state index contributed by atoms with van der Waals surface area (Å²) < 4.78 is 0. The van der Waals surface area contributed by atoms with Gasteiger partial charge in [-0.3, -0.25) is 14.5 Å². The van der Waals surface area contributed by atoms with Gasteiger partial charge in [0.1, 0.15) is 6.04 Å². The summed E-state index contributed by atoms with van der Waals surface area (Å²) in [7, 11) is 0. The van der Waals surface area contributed by atoms with E-state index in [1.54, 1.807) is 23.1 Å². The predicted octanol–water partition coefficient (Wildman–Crippen LogP) is 1.77. The number of carboxylic acids is 1. The van der Waals surface area contributed by atoms with Crippen molar-refractivity contribution in [1.82, 2.24) is 10.2 Å². The van der Waals surface area contributed by atoms with Gasteiger partial charge >= 0.3 is 5.97 Å². The molecular weight excluding hydrogens is 303 g/mol. The van der Waals surface area contributed by atoms with Crippen molar-refractivity contribution in [3.63, 3.8) is 0 Å². The van der Waals surface area contributed by atoms with Gasteiger partial charge < -0.3 is 10.4 Å². The van der Waals surface area contributed by atoms with Crippen LogP contribution in [0.4, 0.5) is 0 Å². The normalized spacial score (nSPS) is 19.7. The highest BCUT2D eigenvalue weighted by Gasteiger charge is 2.32. The lowest BCUT2D eigenvalue weighted by Gasteiger charge is -2.34. The third-order valence-electron chi connectivity index (χ3n) is 3.23. The molecular formula is C13H14Cl2N2O3. The number of amides is 1. The van der Waals surface area contributed by atoms with Crippen molar-refractivity contribution >= 4 is 35.1 Å². The van der Waals surface area contributed by atoms with Crippen LogP contribution >= 0.6 is 23.2 Å². The summed E-state index contributed by atoms with van der Waals surface area (Å²) in [4.78, 5) is 24.5. The Morgan fingerprint density at radius 3 is 2.65 bits per heavy atom. The van der Waals surface area contributed by atoms with Gasteiger partial charge in [0, 0.05) is 35.2 Å². The first-order valence-electron chi connectivity index (χ1n) is 6.15. The van der Waals surface area contributed by atoms with Crippen molar-refractivity contribution in [2.75, 3.05) is 13.1 Å². The Kier molecular flexibility index (Phi) is 4.86. The standard InChI is InChI=1S/C13H14Cl2N2O3/c14-9-2-1-3-10(15)8(9)7-17-5-4-16-13(20)11(17)6-12(18)19/h1-3,11H,4-7H2,(H,16,20)(H,18,19). The highest BCUT2D eigenvalue weighted by Crippen LogP contribution is 2.27. The van der Waals surface area contributed by atoms with Crippen molar-refractivity contribution in [2.45, 2.75) is 19.0 Å². The maximum Gasteiger partial charge on any atom is 0.305 e. The van der Waals surface area contributed by atoms with E-state index in [1.165, 1.54) is 0 Å². The second-order valence-corrected chi connectivity index (χ2v) is 5.39. The van der Waals surface area contributed by atoms with E-state index in [4.69, 9.17) is 28.3 Å². The number of carboxylic acid groups (broad SMARTS) is 1. The summed E-state index contributed by atoms with van der Waals surface area (Å²) >= 11 is 12.2. The van der Waals surface area contributed by atoms with Crippen molar-refractivity contribution in [3.05, 3.63) is 33.8 Å². The van der Waals surface area contributed by atoms with Crippen LogP contribution in [0.5, 0.6) is 0 Å². The number of rotatable bonds is 4. The lowest BCUT2D eigenvalue weighted by molar-refractivity contribution is -0.143. The van der Waals surface area contributed by atoms with Gasteiger partial charge in [-0.25, -0.2) is 0 Å². The van der Waals surface area contributed by atoms with Gasteiger partial charge in [0.05, 0.1) is 6.42 Å². The Balaban J connectivity index is 2.21. The molecule has 7 heteroatoms. The number of hydrogen-bond donors (Lipinski definition) is 2. The minimum absolute atomic E-state index is 0.242. The molecule has 2 rings (SSSR count). The predicted molar refractivity (Wildman–Crippen MR) is 75.9 cm³/mol. The maximum atomic E-state index is 11.8. The zero-order valence-electron chi connectivity index (χ0n) is 10.6. The van der Waals surface area contributed by atoms with E-state index in [-0.39, 0.29) is 12.3 Å². The fourth-order valence-corrected chi connectivity index (χ4v) is 2.74. The minimum Gasteiger partial charge on any atom is -0.481 e. The Morgan fingerprint density at radius 2 is 2.05 bits per heavy atom. The number of nitrogens with one attached hydrogen (secondary N) is 1. The number of carbonyl (C=O) groups excluding carboxylic acids is 1. The topological polar surface area (TPSA) is 69.6 Å². The summed E-state index contributed by atoms with van der Waals surface area (Å²) in [5, 5.41) is 12.6. The fourth-order valence-electron chi connectivity index (χ4n) is 2.23. The summed E-state index contributed by atoms with van der Waals surface area (Å²) in [6.45, 7) is 1.39. The van der Waals surface area contributed by atoms with Crippen LogP contribution in [0, 0.1) is 0 Å². The molecule has 0 bridgehead atoms. The third kappa shape index (κ3) is 3.42. The van der Waals surface area contributed by atoms with Crippen LogP contribution in [-0.2, 0) is 16.1 Å². The molecule has 0 saturated carbocycles. The van der Waals surface area contributed by atoms with Crippen LogP contribution in [0.1, 0.15) is 12.0 Å². The lowest BCUT2D eigenvalue weighted by atomic mass is 10.1. The van der Waals surface area contributed by atoms with E-state index >= 15 is 0 Å². The molecule has 0 spiro atoms. The lowest BCUT2D eigenvalue weighted by Crippen LogP contribution is -2.55. The number of nitrogens with zero attached hydrogens (tertiary/aromatic N) is 1. The van der Waals surface area contributed by atoms with Crippen LogP contribution < -0.4 is 5.32 Å². The van der Waals surface area contributed by atoms with Gasteiger partial charge in [0.15, 0.2) is 0 Å². The highest BCUT2D eigenvalue weighted by atomic mass is 35.5. The molecule has 108 valence electrons. The second-order valence-electron chi connectivity index (χ2n) is 4.58. The van der Waals surface area contributed by atoms with Gasteiger partial charge in [-0.15, -0.1) is 0 Å². The molecule has 1 saturated heterocycles. The van der Waals surface area contributed by atoms with Gasteiger partial charge in [-0.2, -0.15) is 0 Å². The van der Waals surface area contributed by atoms with E-state index in [0.29, 0.717) is 35.2 Å². The van der Waals surface area contributed by atoms with Crippen molar-refractivity contribution in [2.24, 2.45) is 0 Å². The number of carbonyl (C=O) groups is 2. The average Bonchev–Trinajstić information content (AvgIpc) is 2.37. The molecule has 1 aliphatic rings. The number of benzene rings is 1. The average molecular weight is 317 g/mol. The van der Waals surface area contributed by atoms with E-state index < -0.39 is 12.0 Å². The first kappa shape index (κ1) is 15.1. The molecule has 0 aromatic heterocycles. The van der Waals surface area contributed by atoms with Crippen LogP contribution in [-0.4, -0.2) is 41.0 Å². The molecule has 1 fully saturated rings. The molecule has 20 heavy (non-hydrogen) atoms. The van der Waals surface area contributed by atoms with E-state index in [0.717, 1.165) is 0 Å². The van der Waals surface area contributed by atoms with Gasteiger partial charge in [0.2, 0.25) is 5.91 Å². The molecule has 1 aliphatic heterocycles. The van der Waals surface area contributed by atoms with Gasteiger partial charge in [-0.05, 0) is 12.1 Å². The Hall–Kier alpha value is -1.30. The van der Waals surface area contributed by atoms with Gasteiger partial charge in [0.25, 0.3) is 0 Å². The molecule has 1 atom stereocenters.